The predicted octanol–water partition coefficient (Wildman–Crippen LogP) is 6.61. The maximum atomic E-state index is 13.0. The lowest BCUT2D eigenvalue weighted by Crippen LogP contribution is -2.42. The van der Waals surface area contributed by atoms with Crippen LogP contribution in [-0.2, 0) is 4.43 Å². The van der Waals surface area contributed by atoms with E-state index < -0.39 is 14.2 Å². The second kappa shape index (κ2) is 11.9. The van der Waals surface area contributed by atoms with Crippen LogP contribution in [0.15, 0.2) is 54.9 Å². The summed E-state index contributed by atoms with van der Waals surface area (Å²) in [5.41, 5.74) is 1.78. The normalized spacial score (nSPS) is 11.5. The van der Waals surface area contributed by atoms with Crippen LogP contribution < -0.4 is 15.5 Å². The zero-order chi connectivity index (χ0) is 27.2. The predicted molar refractivity (Wildman–Crippen MR) is 152 cm³/mol. The van der Waals surface area contributed by atoms with Gasteiger partial charge >= 0.3 is 0 Å². The Bertz CT molecular complexity index is 1300. The van der Waals surface area contributed by atoms with Crippen molar-refractivity contribution in [2.45, 2.75) is 38.9 Å². The second-order valence-corrected chi connectivity index (χ2v) is 16.4. The molecule has 11 heteroatoms. The SMILES string of the molecule is CC(C)(C)[Si](C)(C)OCCN(C#N)c1ccc(NC(=O)c2cnccc2NC(=O)c2ccc(Cl)s2)cc1. The van der Waals surface area contributed by atoms with Crippen molar-refractivity contribution in [3.63, 3.8) is 0 Å². The van der Waals surface area contributed by atoms with Gasteiger partial charge in [0.25, 0.3) is 11.8 Å². The number of halogens is 1. The molecule has 0 spiro atoms. The van der Waals surface area contributed by atoms with Crippen LogP contribution in [0.25, 0.3) is 0 Å². The van der Waals surface area contributed by atoms with Gasteiger partial charge in [0.15, 0.2) is 14.5 Å². The van der Waals surface area contributed by atoms with Crippen molar-refractivity contribution in [1.29, 1.82) is 5.26 Å². The Balaban J connectivity index is 1.63. The highest BCUT2D eigenvalue weighted by molar-refractivity contribution is 7.18. The van der Waals surface area contributed by atoms with Gasteiger partial charge in [0, 0.05) is 18.1 Å². The van der Waals surface area contributed by atoms with Gasteiger partial charge in [-0.05, 0) is 60.6 Å². The molecule has 194 valence electrons. The van der Waals surface area contributed by atoms with Crippen molar-refractivity contribution < 1.29 is 14.0 Å². The smallest absolute Gasteiger partial charge is 0.265 e. The maximum Gasteiger partial charge on any atom is 0.265 e. The van der Waals surface area contributed by atoms with Crippen LogP contribution in [0.3, 0.4) is 0 Å². The molecule has 2 aromatic heterocycles. The summed E-state index contributed by atoms with van der Waals surface area (Å²) in [6.45, 7) is 11.8. The highest BCUT2D eigenvalue weighted by Gasteiger charge is 2.37. The number of thiophene rings is 1. The van der Waals surface area contributed by atoms with Crippen molar-refractivity contribution >= 4 is 60.1 Å². The van der Waals surface area contributed by atoms with Crippen LogP contribution in [0, 0.1) is 11.5 Å². The summed E-state index contributed by atoms with van der Waals surface area (Å²) >= 11 is 7.07. The molecule has 3 aromatic rings. The van der Waals surface area contributed by atoms with E-state index in [-0.39, 0.29) is 16.5 Å². The number of amides is 2. The number of hydrogen-bond donors (Lipinski definition) is 2. The third-order valence-electron chi connectivity index (χ3n) is 6.25. The van der Waals surface area contributed by atoms with E-state index in [1.165, 1.54) is 12.4 Å². The highest BCUT2D eigenvalue weighted by Crippen LogP contribution is 2.36. The third kappa shape index (κ3) is 7.39. The molecule has 2 N–H and O–H groups in total. The average Bonchev–Trinajstić information content (AvgIpc) is 3.28. The molecule has 0 aliphatic heterocycles. The Morgan fingerprint density at radius 1 is 1.11 bits per heavy atom. The molecule has 0 bridgehead atoms. The molecule has 0 saturated heterocycles. The van der Waals surface area contributed by atoms with Gasteiger partial charge in [-0.15, -0.1) is 11.3 Å². The van der Waals surface area contributed by atoms with E-state index in [0.717, 1.165) is 11.3 Å². The number of aromatic nitrogens is 1. The summed E-state index contributed by atoms with van der Waals surface area (Å²) < 4.78 is 6.69. The molecular formula is C26H30ClN5O3SSi. The summed E-state index contributed by atoms with van der Waals surface area (Å²) in [7, 11) is -1.90. The molecule has 0 atom stereocenters. The summed E-state index contributed by atoms with van der Waals surface area (Å²) in [5.74, 6) is -0.795. The summed E-state index contributed by atoms with van der Waals surface area (Å²) in [4.78, 5) is 31.5. The number of pyridine rings is 1. The number of nitriles is 1. The summed E-state index contributed by atoms with van der Waals surface area (Å²) in [6, 6.07) is 11.8. The molecule has 2 heterocycles. The minimum atomic E-state index is -1.90. The molecule has 37 heavy (non-hydrogen) atoms. The van der Waals surface area contributed by atoms with Gasteiger partial charge in [-0.1, -0.05) is 32.4 Å². The lowest BCUT2D eigenvalue weighted by molar-refractivity contribution is 0.102. The van der Waals surface area contributed by atoms with Gasteiger partial charge in [-0.3, -0.25) is 19.5 Å². The van der Waals surface area contributed by atoms with E-state index in [1.807, 2.05) is 0 Å². The molecule has 0 radical (unpaired) electrons. The van der Waals surface area contributed by atoms with Crippen molar-refractivity contribution in [1.82, 2.24) is 4.98 Å². The monoisotopic (exact) mass is 555 g/mol. The first-order valence-corrected chi connectivity index (χ1v) is 15.7. The Morgan fingerprint density at radius 3 is 2.41 bits per heavy atom. The Labute approximate surface area is 227 Å². The first-order valence-electron chi connectivity index (χ1n) is 11.6. The average molecular weight is 556 g/mol. The van der Waals surface area contributed by atoms with Crippen molar-refractivity contribution in [2.24, 2.45) is 0 Å². The van der Waals surface area contributed by atoms with Gasteiger partial charge < -0.3 is 15.1 Å². The molecule has 2 amide bonds. The maximum absolute atomic E-state index is 13.0. The van der Waals surface area contributed by atoms with Crippen LogP contribution in [-0.4, -0.2) is 38.3 Å². The van der Waals surface area contributed by atoms with Gasteiger partial charge in [-0.2, -0.15) is 5.26 Å². The van der Waals surface area contributed by atoms with Gasteiger partial charge in [-0.25, -0.2) is 0 Å². The zero-order valence-corrected chi connectivity index (χ0v) is 24.0. The first kappa shape index (κ1) is 28.3. The number of carbonyl (C=O) groups is 2. The van der Waals surface area contributed by atoms with E-state index >= 15 is 0 Å². The van der Waals surface area contributed by atoms with Crippen molar-refractivity contribution in [3.8, 4) is 6.19 Å². The first-order chi connectivity index (χ1) is 17.4. The number of rotatable bonds is 9. The fraction of sp³-hybridized carbons (Fsp3) is 0.308. The van der Waals surface area contributed by atoms with E-state index in [2.05, 4.69) is 55.7 Å². The standard InChI is InChI=1S/C26H30ClN5O3SSi/c1-26(2,3)37(4,5)35-15-14-32(17-28)19-8-6-18(7-9-19)30-24(33)20-16-29-13-12-21(20)31-25(34)22-10-11-23(27)36-22/h6-13,16H,14-15H2,1-5H3,(H,30,33)(H,29,31,34). The minimum Gasteiger partial charge on any atom is -0.415 e. The molecule has 0 unspecified atom stereocenters. The van der Waals surface area contributed by atoms with Crippen LogP contribution in [0.2, 0.25) is 22.5 Å². The lowest BCUT2D eigenvalue weighted by atomic mass is 10.2. The lowest BCUT2D eigenvalue weighted by Gasteiger charge is -2.36. The fourth-order valence-corrected chi connectivity index (χ4v) is 5.05. The molecule has 8 nitrogen and oxygen atoms in total. The quantitative estimate of drug-likeness (QED) is 0.175. The van der Waals surface area contributed by atoms with E-state index in [9.17, 15) is 14.9 Å². The Hall–Kier alpha value is -3.23. The highest BCUT2D eigenvalue weighted by atomic mass is 35.5. The van der Waals surface area contributed by atoms with E-state index in [1.54, 1.807) is 47.4 Å². The number of hydrogen-bond acceptors (Lipinski definition) is 7. The Morgan fingerprint density at radius 2 is 1.81 bits per heavy atom. The number of nitrogens with zero attached hydrogens (tertiary/aromatic N) is 3. The molecule has 1 aromatic carbocycles. The van der Waals surface area contributed by atoms with Gasteiger partial charge in [0.1, 0.15) is 0 Å². The zero-order valence-electron chi connectivity index (χ0n) is 21.5. The largest absolute Gasteiger partial charge is 0.415 e. The molecule has 3 rings (SSSR count). The van der Waals surface area contributed by atoms with Crippen molar-refractivity contribution in [3.05, 3.63) is 69.6 Å². The summed E-state index contributed by atoms with van der Waals surface area (Å²) in [5, 5.41) is 15.3. The van der Waals surface area contributed by atoms with Crippen LogP contribution >= 0.6 is 22.9 Å². The van der Waals surface area contributed by atoms with Crippen LogP contribution in [0.4, 0.5) is 17.1 Å². The molecule has 0 aliphatic rings. The number of anilines is 3. The fourth-order valence-electron chi connectivity index (χ4n) is 3.07. The minimum absolute atomic E-state index is 0.0962. The third-order valence-corrected chi connectivity index (χ3v) is 12.0. The van der Waals surface area contributed by atoms with Crippen molar-refractivity contribution in [2.75, 3.05) is 28.7 Å². The molecule has 0 aliphatic carbocycles. The second-order valence-electron chi connectivity index (χ2n) is 9.84. The van der Waals surface area contributed by atoms with Crippen LogP contribution in [0.1, 0.15) is 40.8 Å². The number of carbonyl (C=O) groups excluding carboxylic acids is 2. The molecule has 0 saturated carbocycles. The Kier molecular flexibility index (Phi) is 9.10. The van der Waals surface area contributed by atoms with Crippen LogP contribution in [0.5, 0.6) is 0 Å². The number of nitrogens with one attached hydrogen (secondary N) is 2. The summed E-state index contributed by atoms with van der Waals surface area (Å²) in [6.07, 6.45) is 5.08. The topological polar surface area (TPSA) is 107 Å². The van der Waals surface area contributed by atoms with Gasteiger partial charge in [0.05, 0.1) is 39.3 Å². The molecule has 0 fully saturated rings. The van der Waals surface area contributed by atoms with E-state index in [0.29, 0.717) is 39.4 Å². The van der Waals surface area contributed by atoms with E-state index in [4.69, 9.17) is 16.0 Å². The molecular weight excluding hydrogens is 526 g/mol. The van der Waals surface area contributed by atoms with Gasteiger partial charge in [0.2, 0.25) is 0 Å². The number of benzene rings is 1.